The van der Waals surface area contributed by atoms with Crippen molar-refractivity contribution in [3.63, 3.8) is 0 Å². The van der Waals surface area contributed by atoms with Crippen molar-refractivity contribution in [1.82, 2.24) is 30.3 Å². The Morgan fingerprint density at radius 3 is 2.29 bits per heavy atom. The minimum atomic E-state index is -0.722. The van der Waals surface area contributed by atoms with Crippen molar-refractivity contribution in [1.29, 1.82) is 0 Å². The van der Waals surface area contributed by atoms with Gasteiger partial charge in [-0.05, 0) is 69.5 Å². The molecule has 2 rings (SSSR count). The minimum absolute atomic E-state index is 0.0217. The first-order valence-corrected chi connectivity index (χ1v) is 19.2. The molecule has 0 aromatic carbocycles. The number of hydrogen-bond acceptors (Lipinski definition) is 8. The number of nitrogens with one attached hydrogen (secondary N) is 2. The molecule has 1 aliphatic rings. The normalized spacial score (nSPS) is 18.6. The van der Waals surface area contributed by atoms with Gasteiger partial charge in [-0.2, -0.15) is 11.8 Å². The minimum Gasteiger partial charge on any atom is -0.379 e. The van der Waals surface area contributed by atoms with Gasteiger partial charge in [0.05, 0.1) is 29.9 Å². The average Bonchev–Trinajstić information content (AvgIpc) is 3.53. The van der Waals surface area contributed by atoms with Crippen molar-refractivity contribution < 1.29 is 23.9 Å². The van der Waals surface area contributed by atoms with Crippen LogP contribution in [0.2, 0.25) is 0 Å². The van der Waals surface area contributed by atoms with E-state index in [9.17, 15) is 19.2 Å². The summed E-state index contributed by atoms with van der Waals surface area (Å²) in [4.78, 5) is 64.4. The van der Waals surface area contributed by atoms with Gasteiger partial charge in [0.25, 0.3) is 0 Å². The second-order valence-corrected chi connectivity index (χ2v) is 15.4. The lowest BCUT2D eigenvalue weighted by atomic mass is 9.89. The molecule has 4 amide bonds. The Morgan fingerprint density at radius 2 is 1.76 bits per heavy atom. The number of amides is 4. The molecule has 0 aliphatic carbocycles. The van der Waals surface area contributed by atoms with Crippen LogP contribution >= 0.6 is 11.8 Å². The van der Waals surface area contributed by atoms with Crippen molar-refractivity contribution in [3.8, 4) is 0 Å². The lowest BCUT2D eigenvalue weighted by molar-refractivity contribution is -0.146. The first-order valence-electron chi connectivity index (χ1n) is 17.9. The number of pyridine rings is 1. The number of hydrogen-bond donors (Lipinski definition) is 2. The van der Waals surface area contributed by atoms with Crippen molar-refractivity contribution in [2.24, 2.45) is 17.8 Å². The van der Waals surface area contributed by atoms with Gasteiger partial charge in [-0.25, -0.2) is 0 Å². The highest BCUT2D eigenvalue weighted by Gasteiger charge is 2.40. The van der Waals surface area contributed by atoms with Gasteiger partial charge in [-0.3, -0.25) is 29.1 Å². The third-order valence-electron chi connectivity index (χ3n) is 9.94. The number of nitrogens with zero attached hydrogens (tertiary/aromatic N) is 4. The molecule has 7 atom stereocenters. The monoisotopic (exact) mass is 704 g/mol. The van der Waals surface area contributed by atoms with E-state index in [1.165, 1.54) is 11.8 Å². The Morgan fingerprint density at radius 1 is 1.06 bits per heavy atom. The maximum Gasteiger partial charge on any atom is 0.245 e. The molecule has 7 unspecified atom stereocenters. The zero-order valence-corrected chi connectivity index (χ0v) is 32.7. The van der Waals surface area contributed by atoms with E-state index in [-0.39, 0.29) is 71.2 Å². The number of rotatable bonds is 20. The molecule has 2 N–H and O–H groups in total. The van der Waals surface area contributed by atoms with Gasteiger partial charge in [0.2, 0.25) is 23.6 Å². The summed E-state index contributed by atoms with van der Waals surface area (Å²) in [5.74, 6) is -0.462. The largest absolute Gasteiger partial charge is 0.379 e. The number of carbonyl (C=O) groups is 4. The van der Waals surface area contributed by atoms with Crippen LogP contribution in [-0.4, -0.2) is 126 Å². The molecule has 1 aromatic rings. The summed E-state index contributed by atoms with van der Waals surface area (Å²) in [6, 6.07) is 4.23. The van der Waals surface area contributed by atoms with E-state index in [1.54, 1.807) is 25.3 Å². The van der Waals surface area contributed by atoms with Crippen LogP contribution in [0, 0.1) is 17.8 Å². The molecule has 49 heavy (non-hydrogen) atoms. The maximum absolute atomic E-state index is 14.1. The standard InChI is InChI=1S/C37H64N6O5S/c1-12-26(6)34(42(9)37(47)32(24(2)3)40-36(46)33(25(4)5)41(7)8)29(48-10)23-31(44)43-21-15-17-28(43)22-30(49-11)35(45)39-20-18-27-16-13-14-19-38-27/h13-14,16,19,24-26,28-30,32-34H,12,15,17-18,20-23H2,1-11H3,(H,39,45)(H,40,46). The molecule has 1 aromatic heterocycles. The Hall–Kier alpha value is -2.70. The van der Waals surface area contributed by atoms with E-state index < -0.39 is 12.1 Å². The Bertz CT molecular complexity index is 1180. The molecule has 278 valence electrons. The number of methoxy groups -OCH3 is 1. The zero-order chi connectivity index (χ0) is 36.8. The third-order valence-corrected chi connectivity index (χ3v) is 10.9. The van der Waals surface area contributed by atoms with E-state index in [0.717, 1.165) is 25.0 Å². The van der Waals surface area contributed by atoms with Gasteiger partial charge in [-0.15, -0.1) is 0 Å². The molecular weight excluding hydrogens is 641 g/mol. The Labute approximate surface area is 300 Å². The van der Waals surface area contributed by atoms with Crippen LogP contribution in [0.5, 0.6) is 0 Å². The van der Waals surface area contributed by atoms with Gasteiger partial charge in [0.15, 0.2) is 0 Å². The number of aromatic nitrogens is 1. The van der Waals surface area contributed by atoms with E-state index in [0.29, 0.717) is 25.9 Å². The molecule has 0 spiro atoms. The summed E-state index contributed by atoms with van der Waals surface area (Å²) < 4.78 is 6.01. The molecule has 0 bridgehead atoms. The summed E-state index contributed by atoms with van der Waals surface area (Å²) in [6.07, 6.45) is 7.00. The van der Waals surface area contributed by atoms with Gasteiger partial charge in [0, 0.05) is 51.6 Å². The van der Waals surface area contributed by atoms with E-state index in [2.05, 4.69) is 29.5 Å². The Kier molecular flexibility index (Phi) is 18.1. The van der Waals surface area contributed by atoms with Crippen LogP contribution in [-0.2, 0) is 30.3 Å². The van der Waals surface area contributed by atoms with Crippen molar-refractivity contribution in [3.05, 3.63) is 30.1 Å². The Balaban J connectivity index is 2.16. The van der Waals surface area contributed by atoms with Gasteiger partial charge >= 0.3 is 0 Å². The number of thioether (sulfide) groups is 1. The molecule has 2 heterocycles. The summed E-state index contributed by atoms with van der Waals surface area (Å²) in [5, 5.41) is 5.83. The van der Waals surface area contributed by atoms with Crippen LogP contribution in [0.15, 0.2) is 24.4 Å². The molecule has 1 saturated heterocycles. The molecule has 12 heteroatoms. The lowest BCUT2D eigenvalue weighted by Crippen LogP contribution is -2.59. The highest BCUT2D eigenvalue weighted by molar-refractivity contribution is 7.99. The van der Waals surface area contributed by atoms with E-state index >= 15 is 0 Å². The van der Waals surface area contributed by atoms with Crippen molar-refractivity contribution in [2.45, 2.75) is 116 Å². The summed E-state index contributed by atoms with van der Waals surface area (Å²) in [5.41, 5.74) is 0.931. The SMILES string of the molecule is CCC(C)C(C(CC(=O)N1CCCC1CC(SC)C(=O)NCCc1ccccn1)OC)N(C)C(=O)C(NC(=O)C(C(C)C)N(C)C)C(C)C. The highest BCUT2D eigenvalue weighted by atomic mass is 32.2. The predicted molar refractivity (Wildman–Crippen MR) is 198 cm³/mol. The fraction of sp³-hybridized carbons (Fsp3) is 0.757. The second kappa shape index (κ2) is 20.8. The predicted octanol–water partition coefficient (Wildman–Crippen LogP) is 3.86. The quantitative estimate of drug-likeness (QED) is 0.210. The van der Waals surface area contributed by atoms with Gasteiger partial charge in [-0.1, -0.05) is 54.0 Å². The molecule has 0 saturated carbocycles. The van der Waals surface area contributed by atoms with E-state index in [1.807, 2.05) is 76.0 Å². The van der Waals surface area contributed by atoms with Crippen LogP contribution in [0.4, 0.5) is 0 Å². The fourth-order valence-electron chi connectivity index (χ4n) is 7.06. The number of likely N-dealkylation sites (tertiary alicyclic amines) is 1. The molecule has 1 fully saturated rings. The second-order valence-electron chi connectivity index (χ2n) is 14.4. The third kappa shape index (κ3) is 12.2. The first-order chi connectivity index (χ1) is 23.2. The first kappa shape index (κ1) is 42.5. The lowest BCUT2D eigenvalue weighted by Gasteiger charge is -2.40. The number of ether oxygens (including phenoxy) is 1. The maximum atomic E-state index is 14.1. The van der Waals surface area contributed by atoms with Gasteiger partial charge in [0.1, 0.15) is 6.04 Å². The van der Waals surface area contributed by atoms with Crippen LogP contribution in [0.1, 0.15) is 79.3 Å². The molecule has 11 nitrogen and oxygen atoms in total. The molecule has 0 radical (unpaired) electrons. The summed E-state index contributed by atoms with van der Waals surface area (Å²) in [7, 11) is 7.09. The molecular formula is C37H64N6O5S. The zero-order valence-electron chi connectivity index (χ0n) is 31.9. The summed E-state index contributed by atoms with van der Waals surface area (Å²) >= 11 is 1.51. The fourth-order valence-corrected chi connectivity index (χ4v) is 7.78. The van der Waals surface area contributed by atoms with Crippen LogP contribution in [0.25, 0.3) is 0 Å². The molecule has 1 aliphatic heterocycles. The van der Waals surface area contributed by atoms with Gasteiger partial charge < -0.3 is 25.2 Å². The average molecular weight is 705 g/mol. The topological polar surface area (TPSA) is 124 Å². The summed E-state index contributed by atoms with van der Waals surface area (Å²) in [6.45, 7) is 13.1. The van der Waals surface area contributed by atoms with Crippen LogP contribution in [0.3, 0.4) is 0 Å². The smallest absolute Gasteiger partial charge is 0.245 e. The number of carbonyl (C=O) groups excluding carboxylic acids is 4. The van der Waals surface area contributed by atoms with E-state index in [4.69, 9.17) is 4.74 Å². The number of likely N-dealkylation sites (N-methyl/N-ethyl adjacent to an activating group) is 2. The van der Waals surface area contributed by atoms with Crippen LogP contribution < -0.4 is 10.6 Å². The van der Waals surface area contributed by atoms with Crippen molar-refractivity contribution in [2.75, 3.05) is 47.6 Å². The highest BCUT2D eigenvalue weighted by Crippen LogP contribution is 2.29. The van der Waals surface area contributed by atoms with Crippen molar-refractivity contribution >= 4 is 35.4 Å².